The van der Waals surface area contributed by atoms with E-state index in [9.17, 15) is 4.39 Å². The lowest BCUT2D eigenvalue weighted by atomic mass is 9.89. The van der Waals surface area contributed by atoms with Crippen molar-refractivity contribution in [3.05, 3.63) is 130 Å². The van der Waals surface area contributed by atoms with Gasteiger partial charge in [0.05, 0.1) is 0 Å². The number of benzene rings is 3. The lowest BCUT2D eigenvalue weighted by Gasteiger charge is -2.16. The van der Waals surface area contributed by atoms with Gasteiger partial charge in [-0.05, 0) is 34.4 Å². The molecule has 0 spiro atoms. The first-order valence-electron chi connectivity index (χ1n) is 8.49. The summed E-state index contributed by atoms with van der Waals surface area (Å²) in [6, 6.07) is 34.2. The molecule has 126 valence electrons. The molecule has 0 atom stereocenters. The maximum Gasteiger partial charge on any atom is 0.176 e. The zero-order valence-electron chi connectivity index (χ0n) is 14.1. The highest BCUT2D eigenvalue weighted by atomic mass is 32.1. The normalized spacial score (nSPS) is 10.5. The molecule has 0 bridgehead atoms. The van der Waals surface area contributed by atoms with Crippen molar-refractivity contribution in [1.29, 1.82) is 0 Å². The van der Waals surface area contributed by atoms with Crippen LogP contribution in [0.5, 0.6) is 0 Å². The third-order valence-corrected chi connectivity index (χ3v) is 5.15. The molecule has 3 aromatic carbocycles. The van der Waals surface area contributed by atoms with Crippen LogP contribution < -0.4 is 0 Å². The first-order chi connectivity index (χ1) is 12.8. The van der Waals surface area contributed by atoms with Gasteiger partial charge in [-0.3, -0.25) is 0 Å². The molecule has 4 aromatic rings. The molecule has 1 aromatic heterocycles. The molecule has 0 amide bonds. The van der Waals surface area contributed by atoms with E-state index in [1.165, 1.54) is 17.4 Å². The van der Waals surface area contributed by atoms with E-state index in [1.807, 2.05) is 60.7 Å². The van der Waals surface area contributed by atoms with E-state index in [-0.39, 0.29) is 5.13 Å². The standard InChI is InChI=1S/C24H17FS/c25-22-17-16-21(26-22)24(20-14-8-3-9-15-20)23(18-10-4-1-5-11-18)19-12-6-2-7-13-19/h1-17H. The zero-order valence-corrected chi connectivity index (χ0v) is 14.9. The van der Waals surface area contributed by atoms with Crippen LogP contribution in [-0.4, -0.2) is 0 Å². The van der Waals surface area contributed by atoms with Crippen molar-refractivity contribution in [1.82, 2.24) is 0 Å². The van der Waals surface area contributed by atoms with Crippen LogP contribution in [0.4, 0.5) is 4.39 Å². The average Bonchev–Trinajstić information content (AvgIpc) is 3.14. The van der Waals surface area contributed by atoms with Crippen molar-refractivity contribution in [2.75, 3.05) is 0 Å². The van der Waals surface area contributed by atoms with Crippen LogP contribution >= 0.6 is 11.3 Å². The lowest BCUT2D eigenvalue weighted by molar-refractivity contribution is 0.657. The van der Waals surface area contributed by atoms with Crippen molar-refractivity contribution in [3.63, 3.8) is 0 Å². The predicted octanol–water partition coefficient (Wildman–Crippen LogP) is 6.89. The van der Waals surface area contributed by atoms with Crippen LogP contribution in [0.1, 0.15) is 21.6 Å². The van der Waals surface area contributed by atoms with Crippen LogP contribution in [0.3, 0.4) is 0 Å². The fraction of sp³-hybridized carbons (Fsp3) is 0. The quantitative estimate of drug-likeness (QED) is 0.349. The summed E-state index contributed by atoms with van der Waals surface area (Å²) in [6.07, 6.45) is 0. The Morgan fingerprint density at radius 1 is 0.500 bits per heavy atom. The maximum absolute atomic E-state index is 13.9. The SMILES string of the molecule is Fc1ccc(C(=C(c2ccccc2)c2ccccc2)c2ccccc2)s1. The highest BCUT2D eigenvalue weighted by Gasteiger charge is 2.17. The van der Waals surface area contributed by atoms with Crippen molar-refractivity contribution in [2.45, 2.75) is 0 Å². The summed E-state index contributed by atoms with van der Waals surface area (Å²) in [5.41, 5.74) is 5.48. The Kier molecular flexibility index (Phi) is 4.76. The van der Waals surface area contributed by atoms with Crippen molar-refractivity contribution in [3.8, 4) is 0 Å². The van der Waals surface area contributed by atoms with Gasteiger partial charge in [-0.15, -0.1) is 11.3 Å². The van der Waals surface area contributed by atoms with Gasteiger partial charge < -0.3 is 0 Å². The summed E-state index contributed by atoms with van der Waals surface area (Å²) in [5.74, 6) is 0. The van der Waals surface area contributed by atoms with Gasteiger partial charge in [0.1, 0.15) is 0 Å². The molecular weight excluding hydrogens is 339 g/mol. The first kappa shape index (κ1) is 16.5. The minimum atomic E-state index is -0.172. The Labute approximate surface area is 156 Å². The highest BCUT2D eigenvalue weighted by Crippen LogP contribution is 2.38. The van der Waals surface area contributed by atoms with E-state index in [4.69, 9.17) is 0 Å². The molecule has 0 aliphatic carbocycles. The number of thiophene rings is 1. The molecule has 26 heavy (non-hydrogen) atoms. The fourth-order valence-corrected chi connectivity index (χ4v) is 3.93. The Morgan fingerprint density at radius 2 is 0.923 bits per heavy atom. The molecule has 0 radical (unpaired) electrons. The molecule has 0 aliphatic heterocycles. The zero-order chi connectivity index (χ0) is 17.8. The van der Waals surface area contributed by atoms with Gasteiger partial charge in [0.15, 0.2) is 5.13 Å². The average molecular weight is 356 g/mol. The van der Waals surface area contributed by atoms with Crippen molar-refractivity contribution in [2.24, 2.45) is 0 Å². The van der Waals surface area contributed by atoms with Crippen LogP contribution in [-0.2, 0) is 0 Å². The summed E-state index contributed by atoms with van der Waals surface area (Å²) in [5, 5.41) is -0.172. The molecule has 0 saturated heterocycles. The smallest absolute Gasteiger partial charge is 0.176 e. The Morgan fingerprint density at radius 3 is 1.31 bits per heavy atom. The molecule has 0 N–H and O–H groups in total. The third-order valence-electron chi connectivity index (χ3n) is 4.26. The van der Waals surface area contributed by atoms with Gasteiger partial charge in [0, 0.05) is 10.5 Å². The van der Waals surface area contributed by atoms with Gasteiger partial charge in [-0.2, -0.15) is 4.39 Å². The summed E-state index contributed by atoms with van der Waals surface area (Å²) in [7, 11) is 0. The summed E-state index contributed by atoms with van der Waals surface area (Å²) >= 11 is 1.18. The molecule has 4 rings (SSSR count). The van der Waals surface area contributed by atoms with E-state index in [0.717, 1.165) is 32.7 Å². The molecule has 0 aliphatic rings. The van der Waals surface area contributed by atoms with Crippen LogP contribution in [0.15, 0.2) is 103 Å². The lowest BCUT2D eigenvalue weighted by Crippen LogP contribution is -1.95. The molecule has 1 heterocycles. The van der Waals surface area contributed by atoms with E-state index in [1.54, 1.807) is 0 Å². The highest BCUT2D eigenvalue weighted by molar-refractivity contribution is 7.11. The van der Waals surface area contributed by atoms with E-state index in [0.29, 0.717) is 0 Å². The molecular formula is C24H17FS. The third kappa shape index (κ3) is 3.37. The summed E-state index contributed by atoms with van der Waals surface area (Å²) < 4.78 is 13.9. The second kappa shape index (κ2) is 7.51. The molecule has 0 nitrogen and oxygen atoms in total. The Hall–Kier alpha value is -2.97. The van der Waals surface area contributed by atoms with Gasteiger partial charge >= 0.3 is 0 Å². The molecule has 0 fully saturated rings. The minimum Gasteiger partial charge on any atom is -0.195 e. The van der Waals surface area contributed by atoms with E-state index in [2.05, 4.69) is 36.4 Å². The van der Waals surface area contributed by atoms with Crippen LogP contribution in [0.2, 0.25) is 0 Å². The molecule has 0 saturated carbocycles. The van der Waals surface area contributed by atoms with E-state index < -0.39 is 0 Å². The first-order valence-corrected chi connectivity index (χ1v) is 9.31. The molecule has 0 unspecified atom stereocenters. The molecule has 2 heteroatoms. The topological polar surface area (TPSA) is 0 Å². The van der Waals surface area contributed by atoms with Crippen molar-refractivity contribution < 1.29 is 4.39 Å². The second-order valence-corrected chi connectivity index (χ2v) is 6.99. The monoisotopic (exact) mass is 356 g/mol. The maximum atomic E-state index is 13.9. The van der Waals surface area contributed by atoms with E-state index >= 15 is 0 Å². The number of hydrogen-bond donors (Lipinski definition) is 0. The van der Waals surface area contributed by atoms with Gasteiger partial charge in [-0.1, -0.05) is 91.0 Å². The predicted molar refractivity (Wildman–Crippen MR) is 109 cm³/mol. The summed E-state index contributed by atoms with van der Waals surface area (Å²) in [4.78, 5) is 0.927. The van der Waals surface area contributed by atoms with Crippen LogP contribution in [0, 0.1) is 5.13 Å². The Balaban J connectivity index is 2.08. The number of hydrogen-bond acceptors (Lipinski definition) is 1. The largest absolute Gasteiger partial charge is 0.195 e. The Bertz CT molecular complexity index is 974. The van der Waals surface area contributed by atoms with Gasteiger partial charge in [0.2, 0.25) is 0 Å². The second-order valence-electron chi connectivity index (χ2n) is 5.95. The number of halogens is 1. The fourth-order valence-electron chi connectivity index (χ4n) is 3.13. The number of rotatable bonds is 4. The minimum absolute atomic E-state index is 0.172. The van der Waals surface area contributed by atoms with Crippen molar-refractivity contribution >= 4 is 22.5 Å². The van der Waals surface area contributed by atoms with Gasteiger partial charge in [0.25, 0.3) is 0 Å². The van der Waals surface area contributed by atoms with Crippen LogP contribution in [0.25, 0.3) is 11.1 Å². The summed E-state index contributed by atoms with van der Waals surface area (Å²) in [6.45, 7) is 0. The van der Waals surface area contributed by atoms with Gasteiger partial charge in [-0.25, -0.2) is 0 Å².